The number of nitrogens with zero attached hydrogens (tertiary/aromatic N) is 1. The molecule has 3 rings (SSSR count). The van der Waals surface area contributed by atoms with E-state index in [0.29, 0.717) is 24.5 Å². The number of aromatic hydroxyl groups is 1. The molecule has 2 aromatic rings. The van der Waals surface area contributed by atoms with E-state index in [1.165, 1.54) is 36.4 Å². The van der Waals surface area contributed by atoms with Crippen LogP contribution >= 0.6 is 11.8 Å². The zero-order chi connectivity index (χ0) is 23.4. The summed E-state index contributed by atoms with van der Waals surface area (Å²) in [7, 11) is 0. The lowest BCUT2D eigenvalue weighted by Crippen LogP contribution is -2.49. The van der Waals surface area contributed by atoms with Gasteiger partial charge < -0.3 is 15.5 Å². The van der Waals surface area contributed by atoms with Crippen LogP contribution in [0, 0.1) is 29.1 Å². The van der Waals surface area contributed by atoms with E-state index in [4.69, 9.17) is 5.26 Å². The molecule has 1 saturated heterocycles. The van der Waals surface area contributed by atoms with Crippen LogP contribution in [-0.4, -0.2) is 33.2 Å². The number of nitrogens with one attached hydrogen (secondary N) is 1. The molecule has 166 valence electrons. The average molecular weight is 460 g/mol. The van der Waals surface area contributed by atoms with E-state index in [0.717, 1.165) is 17.6 Å². The molecule has 0 aromatic heterocycles. The second kappa shape index (κ2) is 9.56. The number of carbonyl (C=O) groups excluding carboxylic acids is 1. The van der Waals surface area contributed by atoms with Crippen LogP contribution in [-0.2, 0) is 11.0 Å². The molecule has 9 heteroatoms. The van der Waals surface area contributed by atoms with Gasteiger partial charge in [0.2, 0.25) is 5.60 Å². The predicted molar refractivity (Wildman–Crippen MR) is 115 cm³/mol. The Kier molecular flexibility index (Phi) is 7.02. The first-order chi connectivity index (χ1) is 15.1. The van der Waals surface area contributed by atoms with Gasteiger partial charge in [0.05, 0.1) is 17.2 Å². The van der Waals surface area contributed by atoms with Crippen LogP contribution in [0.5, 0.6) is 5.75 Å². The number of thioether (sulfide) groups is 1. The van der Waals surface area contributed by atoms with E-state index < -0.39 is 34.7 Å². The normalized spacial score (nSPS) is 16.2. The molecule has 0 bridgehead atoms. The number of nitriles is 1. The molecule has 1 aliphatic rings. The van der Waals surface area contributed by atoms with Crippen molar-refractivity contribution in [2.24, 2.45) is 5.92 Å². The molecule has 0 saturated carbocycles. The van der Waals surface area contributed by atoms with Crippen LogP contribution in [0.4, 0.5) is 18.9 Å². The first-order valence-electron chi connectivity index (χ1n) is 9.68. The third-order valence-corrected chi connectivity index (χ3v) is 6.18. The van der Waals surface area contributed by atoms with Crippen LogP contribution in [0.2, 0.25) is 0 Å². The van der Waals surface area contributed by atoms with E-state index in [-0.39, 0.29) is 11.4 Å². The maximum atomic E-state index is 13.3. The number of alkyl halides is 3. The van der Waals surface area contributed by atoms with Crippen LogP contribution in [0.3, 0.4) is 0 Å². The largest absolute Gasteiger partial charge is 0.508 e. The molecular weight excluding hydrogens is 441 g/mol. The highest BCUT2D eigenvalue weighted by atomic mass is 32.2. The summed E-state index contributed by atoms with van der Waals surface area (Å²) in [6.07, 6.45) is -3.75. The smallest absolute Gasteiger partial charge is 0.417 e. The van der Waals surface area contributed by atoms with Crippen molar-refractivity contribution in [1.82, 2.24) is 0 Å². The van der Waals surface area contributed by atoms with Gasteiger partial charge in [-0.2, -0.15) is 30.2 Å². The second-order valence-corrected chi connectivity index (χ2v) is 8.50. The van der Waals surface area contributed by atoms with Crippen molar-refractivity contribution in [1.29, 1.82) is 5.26 Å². The Hall–Kier alpha value is -3.14. The molecular formula is C23H19F3N2O3S. The van der Waals surface area contributed by atoms with Gasteiger partial charge >= 0.3 is 6.18 Å². The third-order valence-electron chi connectivity index (χ3n) is 5.13. The predicted octanol–water partition coefficient (Wildman–Crippen LogP) is 4.15. The zero-order valence-electron chi connectivity index (χ0n) is 16.7. The summed E-state index contributed by atoms with van der Waals surface area (Å²) in [4.78, 5) is 13.1. The van der Waals surface area contributed by atoms with Crippen molar-refractivity contribution < 1.29 is 28.2 Å². The number of hydrogen-bond donors (Lipinski definition) is 3. The van der Waals surface area contributed by atoms with E-state index >= 15 is 0 Å². The van der Waals surface area contributed by atoms with Gasteiger partial charge in [-0.3, -0.25) is 4.79 Å². The topological polar surface area (TPSA) is 93.4 Å². The van der Waals surface area contributed by atoms with Gasteiger partial charge in [0.25, 0.3) is 5.91 Å². The highest BCUT2D eigenvalue weighted by Gasteiger charge is 2.43. The standard InChI is InChI=1S/C23H19F3N2O3S/c24-23(25,26)20-13-18(4-3-16(20)14-27)28-21(30)22(31,17-8-11-32-12-9-17)10-7-15-1-5-19(29)6-2-15/h1-6,13,17,29,31H,8-9,11-12H2,(H,28,30). The van der Waals surface area contributed by atoms with Crippen LogP contribution in [0.25, 0.3) is 0 Å². The van der Waals surface area contributed by atoms with E-state index in [2.05, 4.69) is 17.2 Å². The summed E-state index contributed by atoms with van der Waals surface area (Å²) in [5, 5.41) is 32.0. The molecule has 3 N–H and O–H groups in total. The number of amides is 1. The Balaban J connectivity index is 1.94. The molecule has 1 fully saturated rings. The van der Waals surface area contributed by atoms with E-state index in [9.17, 15) is 28.2 Å². The minimum atomic E-state index is -4.78. The van der Waals surface area contributed by atoms with E-state index in [1.54, 1.807) is 11.8 Å². The average Bonchev–Trinajstić information content (AvgIpc) is 2.78. The van der Waals surface area contributed by atoms with Gasteiger partial charge in [-0.15, -0.1) is 0 Å². The summed E-state index contributed by atoms with van der Waals surface area (Å²) >= 11 is 1.68. The highest BCUT2D eigenvalue weighted by molar-refractivity contribution is 7.99. The van der Waals surface area contributed by atoms with Crippen LogP contribution in [0.1, 0.15) is 29.5 Å². The Morgan fingerprint density at radius 2 is 1.78 bits per heavy atom. The number of halogens is 3. The number of aliphatic hydroxyl groups is 1. The molecule has 32 heavy (non-hydrogen) atoms. The van der Waals surface area contributed by atoms with Gasteiger partial charge in [-0.05, 0) is 66.8 Å². The van der Waals surface area contributed by atoms with E-state index in [1.807, 2.05) is 0 Å². The maximum absolute atomic E-state index is 13.3. The van der Waals surface area contributed by atoms with Crippen molar-refractivity contribution >= 4 is 23.4 Å². The minimum Gasteiger partial charge on any atom is -0.508 e. The quantitative estimate of drug-likeness (QED) is 0.599. The fourth-order valence-corrected chi connectivity index (χ4v) is 4.46. The van der Waals surface area contributed by atoms with Crippen LogP contribution < -0.4 is 5.32 Å². The summed E-state index contributed by atoms with van der Waals surface area (Å²) in [5.74, 6) is 5.38. The Bertz CT molecular complexity index is 1090. The van der Waals surface area contributed by atoms with Gasteiger partial charge in [-0.1, -0.05) is 11.8 Å². The fourth-order valence-electron chi connectivity index (χ4n) is 3.35. The number of anilines is 1. The lowest BCUT2D eigenvalue weighted by molar-refractivity contribution is -0.138. The first-order valence-corrected chi connectivity index (χ1v) is 10.8. The van der Waals surface area contributed by atoms with Crippen molar-refractivity contribution in [3.05, 3.63) is 59.2 Å². The van der Waals surface area contributed by atoms with Crippen molar-refractivity contribution in [3.63, 3.8) is 0 Å². The second-order valence-electron chi connectivity index (χ2n) is 7.27. The van der Waals surface area contributed by atoms with Crippen LogP contribution in [0.15, 0.2) is 42.5 Å². The molecule has 1 atom stereocenters. The molecule has 1 heterocycles. The lowest BCUT2D eigenvalue weighted by Gasteiger charge is -2.33. The summed E-state index contributed by atoms with van der Waals surface area (Å²) in [6, 6.07) is 10.2. The summed E-state index contributed by atoms with van der Waals surface area (Å²) in [6.45, 7) is 0. The van der Waals surface area contributed by atoms with Crippen molar-refractivity contribution in [2.75, 3.05) is 16.8 Å². The number of phenolic OH excluding ortho intramolecular Hbond substituents is 1. The molecule has 5 nitrogen and oxygen atoms in total. The number of rotatable bonds is 3. The minimum absolute atomic E-state index is 0.0362. The van der Waals surface area contributed by atoms with Crippen molar-refractivity contribution in [3.8, 4) is 23.7 Å². The Labute approximate surface area is 187 Å². The zero-order valence-corrected chi connectivity index (χ0v) is 17.6. The third kappa shape index (κ3) is 5.37. The summed E-state index contributed by atoms with van der Waals surface area (Å²) in [5.41, 5.74) is -3.62. The number of benzene rings is 2. The Morgan fingerprint density at radius 1 is 1.12 bits per heavy atom. The van der Waals surface area contributed by atoms with Gasteiger partial charge in [-0.25, -0.2) is 0 Å². The number of hydrogen-bond acceptors (Lipinski definition) is 5. The molecule has 1 unspecified atom stereocenters. The number of carbonyl (C=O) groups is 1. The maximum Gasteiger partial charge on any atom is 0.417 e. The van der Waals surface area contributed by atoms with Crippen molar-refractivity contribution in [2.45, 2.75) is 24.6 Å². The lowest BCUT2D eigenvalue weighted by atomic mass is 9.82. The first kappa shape index (κ1) is 23.5. The van der Waals surface area contributed by atoms with Gasteiger partial charge in [0.1, 0.15) is 5.75 Å². The molecule has 1 amide bonds. The number of phenols is 1. The Morgan fingerprint density at radius 3 is 2.38 bits per heavy atom. The molecule has 0 radical (unpaired) electrons. The van der Waals surface area contributed by atoms with Gasteiger partial charge in [0, 0.05) is 17.2 Å². The fraction of sp³-hybridized carbons (Fsp3) is 0.304. The van der Waals surface area contributed by atoms with Gasteiger partial charge in [0.15, 0.2) is 0 Å². The SMILES string of the molecule is N#Cc1ccc(NC(=O)C(O)(C#Cc2ccc(O)cc2)C2CCSCC2)cc1C(F)(F)F. The summed E-state index contributed by atoms with van der Waals surface area (Å²) < 4.78 is 39.8. The molecule has 0 aliphatic carbocycles. The monoisotopic (exact) mass is 460 g/mol. The molecule has 1 aliphatic heterocycles. The molecule has 2 aromatic carbocycles. The molecule has 0 spiro atoms. The highest BCUT2D eigenvalue weighted by Crippen LogP contribution is 2.35.